The summed E-state index contributed by atoms with van der Waals surface area (Å²) >= 11 is 0. The molecule has 1 amide bonds. The van der Waals surface area contributed by atoms with E-state index in [2.05, 4.69) is 71.7 Å². The summed E-state index contributed by atoms with van der Waals surface area (Å²) in [6.07, 6.45) is 1.54. The molecule has 3 aromatic carbocycles. The Bertz CT molecular complexity index is 1270. The van der Waals surface area contributed by atoms with Crippen molar-refractivity contribution in [2.45, 2.75) is 19.5 Å². The van der Waals surface area contributed by atoms with Crippen LogP contribution in [0.25, 0.3) is 10.8 Å². The van der Waals surface area contributed by atoms with Crippen LogP contribution in [0.5, 0.6) is 5.75 Å². The molecular formula is C30H33N3O3. The molecule has 4 aromatic rings. The fraction of sp³-hybridized carbons (Fsp3) is 0.300. The Morgan fingerprint density at radius 3 is 2.61 bits per heavy atom. The summed E-state index contributed by atoms with van der Waals surface area (Å²) in [4.78, 5) is 16.6. The van der Waals surface area contributed by atoms with Gasteiger partial charge in [-0.1, -0.05) is 54.6 Å². The SMILES string of the molecule is C[C@H](NCc1cccc(OCCN2CCN(C(=O)c3ccco3)CC2)c1)c1cccc2ccccc12. The maximum Gasteiger partial charge on any atom is 0.289 e. The molecule has 6 nitrogen and oxygen atoms in total. The van der Waals surface area contributed by atoms with E-state index < -0.39 is 0 Å². The Hall–Kier alpha value is -3.61. The van der Waals surface area contributed by atoms with E-state index in [1.165, 1.54) is 28.2 Å². The Kier molecular flexibility index (Phi) is 7.64. The van der Waals surface area contributed by atoms with Gasteiger partial charge in [-0.05, 0) is 53.1 Å². The van der Waals surface area contributed by atoms with Gasteiger partial charge >= 0.3 is 0 Å². The molecule has 0 spiro atoms. The third kappa shape index (κ3) is 5.78. The summed E-state index contributed by atoms with van der Waals surface area (Å²) in [6.45, 7) is 7.53. The molecule has 0 unspecified atom stereocenters. The quantitative estimate of drug-likeness (QED) is 0.358. The van der Waals surface area contributed by atoms with Gasteiger partial charge in [0.1, 0.15) is 12.4 Å². The van der Waals surface area contributed by atoms with Crippen molar-refractivity contribution < 1.29 is 13.9 Å². The third-order valence-electron chi connectivity index (χ3n) is 6.87. The Balaban J connectivity index is 1.07. The zero-order valence-electron chi connectivity index (χ0n) is 20.7. The van der Waals surface area contributed by atoms with Gasteiger partial charge in [-0.25, -0.2) is 0 Å². The van der Waals surface area contributed by atoms with E-state index in [1.54, 1.807) is 12.1 Å². The van der Waals surface area contributed by atoms with Crippen molar-refractivity contribution in [2.75, 3.05) is 39.3 Å². The highest BCUT2D eigenvalue weighted by atomic mass is 16.5. The van der Waals surface area contributed by atoms with Gasteiger partial charge in [-0.15, -0.1) is 0 Å². The number of benzene rings is 3. The van der Waals surface area contributed by atoms with Gasteiger partial charge in [-0.2, -0.15) is 0 Å². The minimum Gasteiger partial charge on any atom is -0.492 e. The number of fused-ring (bicyclic) bond motifs is 1. The van der Waals surface area contributed by atoms with Crippen LogP contribution in [0.3, 0.4) is 0 Å². The van der Waals surface area contributed by atoms with Crippen LogP contribution in [0.15, 0.2) is 89.5 Å². The molecule has 1 aliphatic rings. The molecule has 1 saturated heterocycles. The lowest BCUT2D eigenvalue weighted by atomic mass is 9.99. The lowest BCUT2D eigenvalue weighted by Crippen LogP contribution is -2.49. The van der Waals surface area contributed by atoms with Crippen LogP contribution >= 0.6 is 0 Å². The van der Waals surface area contributed by atoms with Crippen LogP contribution in [0.4, 0.5) is 0 Å². The van der Waals surface area contributed by atoms with Gasteiger partial charge in [-0.3, -0.25) is 9.69 Å². The zero-order chi connectivity index (χ0) is 24.7. The van der Waals surface area contributed by atoms with Crippen LogP contribution < -0.4 is 10.1 Å². The normalized spacial score (nSPS) is 15.2. The van der Waals surface area contributed by atoms with Crippen LogP contribution in [0.1, 0.15) is 34.6 Å². The van der Waals surface area contributed by atoms with E-state index in [0.717, 1.165) is 31.9 Å². The maximum atomic E-state index is 12.4. The number of ether oxygens (including phenoxy) is 1. The second-order valence-electron chi connectivity index (χ2n) is 9.28. The lowest BCUT2D eigenvalue weighted by molar-refractivity contribution is 0.0590. The highest BCUT2D eigenvalue weighted by molar-refractivity contribution is 5.91. The van der Waals surface area contributed by atoms with E-state index in [1.807, 2.05) is 17.0 Å². The molecule has 1 atom stereocenters. The van der Waals surface area contributed by atoms with Gasteiger partial charge in [0, 0.05) is 45.3 Å². The third-order valence-corrected chi connectivity index (χ3v) is 6.87. The van der Waals surface area contributed by atoms with Gasteiger partial charge in [0.15, 0.2) is 5.76 Å². The number of hydrogen-bond donors (Lipinski definition) is 1. The molecule has 0 saturated carbocycles. The topological polar surface area (TPSA) is 58.0 Å². The molecule has 1 aliphatic heterocycles. The molecule has 186 valence electrons. The first kappa shape index (κ1) is 24.1. The van der Waals surface area contributed by atoms with Crippen LogP contribution in [-0.4, -0.2) is 55.0 Å². The standard InChI is InChI=1S/C30H33N3O3/c1-23(27-12-5-9-25-8-2-3-11-28(25)27)31-22-24-7-4-10-26(21-24)35-20-18-32-14-16-33(17-15-32)30(34)29-13-6-19-36-29/h2-13,19,21,23,31H,14-18,20,22H2,1H3/t23-/m0/s1. The number of rotatable bonds is 9. The molecular weight excluding hydrogens is 450 g/mol. The Morgan fingerprint density at radius 1 is 0.972 bits per heavy atom. The highest BCUT2D eigenvalue weighted by Crippen LogP contribution is 2.24. The minimum atomic E-state index is -0.0314. The molecule has 5 rings (SSSR count). The molecule has 2 heterocycles. The van der Waals surface area contributed by atoms with Crippen molar-refractivity contribution in [2.24, 2.45) is 0 Å². The molecule has 0 aliphatic carbocycles. The smallest absolute Gasteiger partial charge is 0.289 e. The summed E-state index contributed by atoms with van der Waals surface area (Å²) in [6, 6.07) is 27.0. The summed E-state index contributed by atoms with van der Waals surface area (Å²) in [5.41, 5.74) is 2.51. The molecule has 0 radical (unpaired) electrons. The van der Waals surface area contributed by atoms with Crippen molar-refractivity contribution in [1.82, 2.24) is 15.1 Å². The van der Waals surface area contributed by atoms with Crippen molar-refractivity contribution in [3.8, 4) is 5.75 Å². The van der Waals surface area contributed by atoms with Gasteiger partial charge in [0.2, 0.25) is 0 Å². The molecule has 6 heteroatoms. The number of hydrogen-bond acceptors (Lipinski definition) is 5. The number of furan rings is 1. The number of nitrogens with one attached hydrogen (secondary N) is 1. The van der Waals surface area contributed by atoms with E-state index in [4.69, 9.17) is 9.15 Å². The zero-order valence-corrected chi connectivity index (χ0v) is 20.7. The van der Waals surface area contributed by atoms with Gasteiger partial charge < -0.3 is 19.4 Å². The fourth-order valence-electron chi connectivity index (χ4n) is 4.78. The van der Waals surface area contributed by atoms with Crippen molar-refractivity contribution in [1.29, 1.82) is 0 Å². The number of amides is 1. The molecule has 0 bridgehead atoms. The first-order chi connectivity index (χ1) is 17.7. The minimum absolute atomic E-state index is 0.0314. The van der Waals surface area contributed by atoms with Gasteiger partial charge in [0.25, 0.3) is 5.91 Å². The average Bonchev–Trinajstić information content (AvgIpc) is 3.47. The van der Waals surface area contributed by atoms with Gasteiger partial charge in [0.05, 0.1) is 6.26 Å². The number of carbonyl (C=O) groups excluding carboxylic acids is 1. The summed E-state index contributed by atoms with van der Waals surface area (Å²) in [5.74, 6) is 1.27. The summed E-state index contributed by atoms with van der Waals surface area (Å²) in [7, 11) is 0. The van der Waals surface area contributed by atoms with Crippen molar-refractivity contribution in [3.63, 3.8) is 0 Å². The predicted octanol–water partition coefficient (Wildman–Crippen LogP) is 5.12. The average molecular weight is 484 g/mol. The van der Waals surface area contributed by atoms with E-state index in [0.29, 0.717) is 25.5 Å². The molecule has 1 fully saturated rings. The first-order valence-electron chi connectivity index (χ1n) is 12.7. The largest absolute Gasteiger partial charge is 0.492 e. The predicted molar refractivity (Wildman–Crippen MR) is 142 cm³/mol. The van der Waals surface area contributed by atoms with Crippen LogP contribution in [0, 0.1) is 0 Å². The maximum absolute atomic E-state index is 12.4. The molecule has 1 aromatic heterocycles. The van der Waals surface area contributed by atoms with E-state index >= 15 is 0 Å². The van der Waals surface area contributed by atoms with Crippen LogP contribution in [-0.2, 0) is 6.54 Å². The first-order valence-corrected chi connectivity index (χ1v) is 12.7. The number of piperazine rings is 1. The Labute approximate surface area is 212 Å². The van der Waals surface area contributed by atoms with E-state index in [9.17, 15) is 4.79 Å². The summed E-state index contributed by atoms with van der Waals surface area (Å²) in [5, 5.41) is 6.23. The second-order valence-corrected chi connectivity index (χ2v) is 9.28. The molecule has 36 heavy (non-hydrogen) atoms. The highest BCUT2D eigenvalue weighted by Gasteiger charge is 2.23. The van der Waals surface area contributed by atoms with Crippen LogP contribution in [0.2, 0.25) is 0 Å². The monoisotopic (exact) mass is 483 g/mol. The second kappa shape index (κ2) is 11.4. The number of carbonyl (C=O) groups is 1. The Morgan fingerprint density at radius 2 is 1.78 bits per heavy atom. The van der Waals surface area contributed by atoms with Crippen molar-refractivity contribution >= 4 is 16.7 Å². The fourth-order valence-corrected chi connectivity index (χ4v) is 4.78. The van der Waals surface area contributed by atoms with Crippen molar-refractivity contribution in [3.05, 3.63) is 102 Å². The summed E-state index contributed by atoms with van der Waals surface area (Å²) < 4.78 is 11.3. The molecule has 1 N–H and O–H groups in total. The lowest BCUT2D eigenvalue weighted by Gasteiger charge is -2.34. The van der Waals surface area contributed by atoms with E-state index in [-0.39, 0.29) is 11.9 Å². The number of nitrogens with zero attached hydrogens (tertiary/aromatic N) is 2.